The first-order valence-corrected chi connectivity index (χ1v) is 9.16. The Labute approximate surface area is 151 Å². The number of esters is 1. The Kier molecular flexibility index (Phi) is 10.4. The van der Waals surface area contributed by atoms with Crippen LogP contribution < -0.4 is 5.32 Å². The monoisotopic (exact) mass is 349 g/mol. The van der Waals surface area contributed by atoms with E-state index < -0.39 is 18.1 Å². The van der Waals surface area contributed by atoms with Gasteiger partial charge in [0.15, 0.2) is 0 Å². The van der Waals surface area contributed by atoms with E-state index in [-0.39, 0.29) is 5.92 Å². The van der Waals surface area contributed by atoms with E-state index in [9.17, 15) is 9.59 Å². The van der Waals surface area contributed by atoms with Crippen molar-refractivity contribution in [2.45, 2.75) is 58.9 Å². The molecule has 0 aliphatic heterocycles. The second-order valence-electron chi connectivity index (χ2n) is 6.61. The highest BCUT2D eigenvalue weighted by Crippen LogP contribution is 2.07. The summed E-state index contributed by atoms with van der Waals surface area (Å²) in [5.74, 6) is -0.175. The van der Waals surface area contributed by atoms with Gasteiger partial charge in [0.1, 0.15) is 6.04 Å². The van der Waals surface area contributed by atoms with Crippen LogP contribution in [-0.2, 0) is 20.7 Å². The van der Waals surface area contributed by atoms with Gasteiger partial charge < -0.3 is 14.8 Å². The Morgan fingerprint density at radius 2 is 1.76 bits per heavy atom. The summed E-state index contributed by atoms with van der Waals surface area (Å²) in [4.78, 5) is 24.3. The number of carbonyl (C=O) groups is 2. The second-order valence-corrected chi connectivity index (χ2v) is 6.61. The minimum atomic E-state index is -0.742. The first-order chi connectivity index (χ1) is 12.0. The molecule has 1 atom stereocenters. The molecule has 0 aliphatic carbocycles. The van der Waals surface area contributed by atoms with Gasteiger partial charge in [-0.2, -0.15) is 0 Å². The van der Waals surface area contributed by atoms with Gasteiger partial charge in [-0.3, -0.25) is 0 Å². The summed E-state index contributed by atoms with van der Waals surface area (Å²) in [6, 6.07) is 8.81. The lowest BCUT2D eigenvalue weighted by Crippen LogP contribution is -2.44. The van der Waals surface area contributed by atoms with Crippen LogP contribution in [0, 0.1) is 5.92 Å². The Hall–Kier alpha value is -2.04. The minimum Gasteiger partial charge on any atom is -0.464 e. The van der Waals surface area contributed by atoms with E-state index in [4.69, 9.17) is 9.47 Å². The Bertz CT molecular complexity index is 502. The van der Waals surface area contributed by atoms with Gasteiger partial charge in [-0.05, 0) is 17.9 Å². The largest absolute Gasteiger partial charge is 0.464 e. The summed E-state index contributed by atoms with van der Waals surface area (Å²) in [5.41, 5.74) is 0.958. The molecule has 140 valence electrons. The van der Waals surface area contributed by atoms with Crippen LogP contribution >= 0.6 is 0 Å². The number of ether oxygens (including phenoxy) is 2. The SMILES string of the molecule is CCCCCCOC(=O)[C@H](Cc1ccccc1)NC(=O)OCC(C)C. The summed E-state index contributed by atoms with van der Waals surface area (Å²) >= 11 is 0. The number of alkyl carbamates (subject to hydrolysis) is 1. The molecule has 5 nitrogen and oxygen atoms in total. The molecule has 0 spiro atoms. The molecule has 0 bridgehead atoms. The maximum Gasteiger partial charge on any atom is 0.407 e. The molecule has 1 N–H and O–H groups in total. The Morgan fingerprint density at radius 3 is 2.40 bits per heavy atom. The zero-order chi connectivity index (χ0) is 18.5. The fraction of sp³-hybridized carbons (Fsp3) is 0.600. The predicted molar refractivity (Wildman–Crippen MR) is 98.4 cm³/mol. The molecule has 0 radical (unpaired) electrons. The highest BCUT2D eigenvalue weighted by Gasteiger charge is 2.23. The first-order valence-electron chi connectivity index (χ1n) is 9.16. The van der Waals surface area contributed by atoms with E-state index in [1.54, 1.807) is 0 Å². The van der Waals surface area contributed by atoms with Crippen molar-refractivity contribution in [1.82, 2.24) is 5.32 Å². The average Bonchev–Trinajstić information content (AvgIpc) is 2.60. The van der Waals surface area contributed by atoms with Gasteiger partial charge in [0.25, 0.3) is 0 Å². The van der Waals surface area contributed by atoms with Crippen molar-refractivity contribution in [1.29, 1.82) is 0 Å². The quantitative estimate of drug-likeness (QED) is 0.482. The van der Waals surface area contributed by atoms with E-state index in [2.05, 4.69) is 12.2 Å². The van der Waals surface area contributed by atoms with Crippen molar-refractivity contribution in [2.75, 3.05) is 13.2 Å². The number of hydrogen-bond acceptors (Lipinski definition) is 4. The second kappa shape index (κ2) is 12.3. The molecule has 25 heavy (non-hydrogen) atoms. The summed E-state index contributed by atoms with van der Waals surface area (Å²) in [6.45, 7) is 6.75. The number of rotatable bonds is 11. The number of carbonyl (C=O) groups excluding carboxylic acids is 2. The lowest BCUT2D eigenvalue weighted by molar-refractivity contribution is -0.146. The normalized spacial score (nSPS) is 11.8. The number of amides is 1. The zero-order valence-electron chi connectivity index (χ0n) is 15.6. The highest BCUT2D eigenvalue weighted by atomic mass is 16.6. The highest BCUT2D eigenvalue weighted by molar-refractivity contribution is 5.81. The average molecular weight is 349 g/mol. The maximum atomic E-state index is 12.4. The third-order valence-corrected chi connectivity index (χ3v) is 3.65. The van der Waals surface area contributed by atoms with Crippen LogP contribution in [0.1, 0.15) is 52.0 Å². The number of hydrogen-bond donors (Lipinski definition) is 1. The van der Waals surface area contributed by atoms with E-state index in [0.29, 0.717) is 19.6 Å². The molecule has 0 heterocycles. The van der Waals surface area contributed by atoms with Gasteiger partial charge in [-0.25, -0.2) is 9.59 Å². The van der Waals surface area contributed by atoms with Crippen molar-refractivity contribution in [3.63, 3.8) is 0 Å². The van der Waals surface area contributed by atoms with E-state index in [1.807, 2.05) is 44.2 Å². The fourth-order valence-corrected chi connectivity index (χ4v) is 2.27. The summed E-state index contributed by atoms with van der Waals surface area (Å²) < 4.78 is 10.5. The molecular formula is C20H31NO4. The van der Waals surface area contributed by atoms with E-state index in [1.165, 1.54) is 0 Å². The number of nitrogens with one attached hydrogen (secondary N) is 1. The third-order valence-electron chi connectivity index (χ3n) is 3.65. The zero-order valence-corrected chi connectivity index (χ0v) is 15.6. The third kappa shape index (κ3) is 9.75. The number of benzene rings is 1. The molecule has 5 heteroatoms. The smallest absolute Gasteiger partial charge is 0.407 e. The molecule has 0 aromatic heterocycles. The maximum absolute atomic E-state index is 12.4. The molecule has 1 aromatic carbocycles. The van der Waals surface area contributed by atoms with Gasteiger partial charge in [0.2, 0.25) is 0 Å². The molecule has 0 aliphatic rings. The van der Waals surface area contributed by atoms with Gasteiger partial charge in [-0.1, -0.05) is 70.4 Å². The van der Waals surface area contributed by atoms with Crippen molar-refractivity contribution >= 4 is 12.1 Å². The molecule has 0 unspecified atom stereocenters. The van der Waals surface area contributed by atoms with E-state index in [0.717, 1.165) is 31.2 Å². The lowest BCUT2D eigenvalue weighted by Gasteiger charge is -2.18. The van der Waals surface area contributed by atoms with Crippen molar-refractivity contribution in [3.05, 3.63) is 35.9 Å². The van der Waals surface area contributed by atoms with Gasteiger partial charge in [0.05, 0.1) is 13.2 Å². The number of unbranched alkanes of at least 4 members (excludes halogenated alkanes) is 3. The van der Waals surface area contributed by atoms with Crippen LogP contribution in [0.3, 0.4) is 0 Å². The molecule has 0 saturated heterocycles. The standard InChI is InChI=1S/C20H31NO4/c1-4-5-6-10-13-24-19(22)18(14-17-11-8-7-9-12-17)21-20(23)25-15-16(2)3/h7-9,11-12,16,18H,4-6,10,13-15H2,1-3H3,(H,21,23)/t18-/m0/s1. The summed E-state index contributed by atoms with van der Waals surface area (Å²) in [6.07, 6.45) is 3.94. The Balaban J connectivity index is 2.57. The van der Waals surface area contributed by atoms with Gasteiger partial charge in [-0.15, -0.1) is 0 Å². The minimum absolute atomic E-state index is 0.240. The van der Waals surface area contributed by atoms with Gasteiger partial charge in [0, 0.05) is 6.42 Å². The topological polar surface area (TPSA) is 64.6 Å². The van der Waals surface area contributed by atoms with Crippen molar-refractivity contribution < 1.29 is 19.1 Å². The molecule has 1 aromatic rings. The van der Waals surface area contributed by atoms with Crippen LogP contribution in [0.2, 0.25) is 0 Å². The molecular weight excluding hydrogens is 318 g/mol. The summed E-state index contributed by atoms with van der Waals surface area (Å²) in [5, 5.41) is 2.64. The molecule has 1 rings (SSSR count). The van der Waals surface area contributed by atoms with Crippen molar-refractivity contribution in [2.24, 2.45) is 5.92 Å². The molecule has 0 fully saturated rings. The van der Waals surface area contributed by atoms with Crippen LogP contribution in [0.5, 0.6) is 0 Å². The van der Waals surface area contributed by atoms with Crippen molar-refractivity contribution in [3.8, 4) is 0 Å². The van der Waals surface area contributed by atoms with E-state index >= 15 is 0 Å². The van der Waals surface area contributed by atoms with Crippen LogP contribution in [-0.4, -0.2) is 31.3 Å². The first kappa shape index (κ1) is 21.0. The summed E-state index contributed by atoms with van der Waals surface area (Å²) in [7, 11) is 0. The molecule has 0 saturated carbocycles. The Morgan fingerprint density at radius 1 is 1.04 bits per heavy atom. The van der Waals surface area contributed by atoms with Crippen LogP contribution in [0.4, 0.5) is 4.79 Å². The lowest BCUT2D eigenvalue weighted by atomic mass is 10.1. The van der Waals surface area contributed by atoms with Gasteiger partial charge >= 0.3 is 12.1 Å². The fourth-order valence-electron chi connectivity index (χ4n) is 2.27. The van der Waals surface area contributed by atoms with Crippen LogP contribution in [0.25, 0.3) is 0 Å². The predicted octanol–water partition coefficient (Wildman–Crippen LogP) is 4.10. The molecule has 1 amide bonds. The van der Waals surface area contributed by atoms with Crippen LogP contribution in [0.15, 0.2) is 30.3 Å².